The molecular formula is C16H12ClN3O3. The number of phenolic OH excluding ortho intramolecular Hbond substituents is 2. The van der Waals surface area contributed by atoms with Crippen LogP contribution in [0.3, 0.4) is 0 Å². The average Bonchev–Trinajstić information content (AvgIpc) is 2.57. The molecule has 0 unspecified atom stereocenters. The van der Waals surface area contributed by atoms with Gasteiger partial charge < -0.3 is 14.9 Å². The van der Waals surface area contributed by atoms with E-state index in [0.29, 0.717) is 10.8 Å². The number of benzene rings is 2. The van der Waals surface area contributed by atoms with Crippen molar-refractivity contribution in [3.05, 3.63) is 47.5 Å². The number of hydrogen-bond acceptors (Lipinski definition) is 6. The summed E-state index contributed by atoms with van der Waals surface area (Å²) in [5, 5.41) is 20.2. The molecule has 1 heterocycles. The molecule has 0 atom stereocenters. The van der Waals surface area contributed by atoms with Gasteiger partial charge in [0.15, 0.2) is 11.6 Å². The third-order valence-corrected chi connectivity index (χ3v) is 3.37. The number of aromatic nitrogens is 3. The predicted molar refractivity (Wildman–Crippen MR) is 85.6 cm³/mol. The molecule has 116 valence electrons. The van der Waals surface area contributed by atoms with Crippen LogP contribution < -0.4 is 4.74 Å². The first kappa shape index (κ1) is 15.1. The van der Waals surface area contributed by atoms with Crippen LogP contribution in [-0.2, 0) is 0 Å². The summed E-state index contributed by atoms with van der Waals surface area (Å²) in [4.78, 5) is 12.7. The first-order valence-electron chi connectivity index (χ1n) is 6.65. The van der Waals surface area contributed by atoms with E-state index < -0.39 is 0 Å². The minimum Gasteiger partial charge on any atom is -0.508 e. The lowest BCUT2D eigenvalue weighted by atomic mass is 10.1. The summed E-state index contributed by atoms with van der Waals surface area (Å²) < 4.78 is 5.10. The molecule has 7 heteroatoms. The van der Waals surface area contributed by atoms with Crippen LogP contribution >= 0.6 is 11.6 Å². The Morgan fingerprint density at radius 3 is 2.30 bits per heavy atom. The predicted octanol–water partition coefficient (Wildman–Crippen LogP) is 3.28. The van der Waals surface area contributed by atoms with Gasteiger partial charge in [0.1, 0.15) is 11.5 Å². The fourth-order valence-electron chi connectivity index (χ4n) is 2.00. The number of aromatic hydroxyl groups is 2. The van der Waals surface area contributed by atoms with Crippen molar-refractivity contribution < 1.29 is 14.9 Å². The monoisotopic (exact) mass is 329 g/mol. The lowest BCUT2D eigenvalue weighted by Gasteiger charge is -2.08. The zero-order valence-electron chi connectivity index (χ0n) is 12.1. The average molecular weight is 330 g/mol. The molecule has 0 fully saturated rings. The number of methoxy groups -OCH3 is 1. The van der Waals surface area contributed by atoms with Crippen LogP contribution in [0.15, 0.2) is 42.5 Å². The van der Waals surface area contributed by atoms with Gasteiger partial charge in [0.25, 0.3) is 0 Å². The molecule has 3 aromatic rings. The van der Waals surface area contributed by atoms with Gasteiger partial charge in [-0.3, -0.25) is 0 Å². The highest BCUT2D eigenvalue weighted by atomic mass is 35.5. The minimum atomic E-state index is -0.0573. The molecule has 0 spiro atoms. The number of halogens is 1. The summed E-state index contributed by atoms with van der Waals surface area (Å²) in [5.41, 5.74) is 0.997. The second-order valence-corrected chi connectivity index (χ2v) is 5.11. The normalized spacial score (nSPS) is 10.5. The maximum atomic E-state index is 9.98. The summed E-state index contributed by atoms with van der Waals surface area (Å²) in [7, 11) is 1.44. The van der Waals surface area contributed by atoms with E-state index in [1.54, 1.807) is 24.3 Å². The molecule has 2 aromatic carbocycles. The maximum absolute atomic E-state index is 9.98. The third kappa shape index (κ3) is 3.17. The van der Waals surface area contributed by atoms with E-state index in [4.69, 9.17) is 16.3 Å². The van der Waals surface area contributed by atoms with E-state index in [0.717, 1.165) is 5.56 Å². The molecule has 2 N–H and O–H groups in total. The fourth-order valence-corrected chi connectivity index (χ4v) is 2.13. The largest absolute Gasteiger partial charge is 0.508 e. The van der Waals surface area contributed by atoms with Gasteiger partial charge in [-0.2, -0.15) is 9.97 Å². The molecule has 0 saturated carbocycles. The van der Waals surface area contributed by atoms with Crippen molar-refractivity contribution >= 4 is 11.6 Å². The first-order valence-corrected chi connectivity index (χ1v) is 7.03. The Kier molecular flexibility index (Phi) is 3.99. The fraction of sp³-hybridized carbons (Fsp3) is 0.0625. The maximum Gasteiger partial charge on any atom is 0.320 e. The number of hydrogen-bond donors (Lipinski definition) is 2. The van der Waals surface area contributed by atoms with Gasteiger partial charge in [0.2, 0.25) is 0 Å². The van der Waals surface area contributed by atoms with E-state index in [2.05, 4.69) is 15.0 Å². The highest BCUT2D eigenvalue weighted by Crippen LogP contribution is 2.31. The Hall–Kier alpha value is -2.86. The van der Waals surface area contributed by atoms with Crippen LogP contribution in [0.1, 0.15) is 0 Å². The van der Waals surface area contributed by atoms with Crippen molar-refractivity contribution in [1.29, 1.82) is 0 Å². The van der Waals surface area contributed by atoms with Gasteiger partial charge in [0.05, 0.1) is 12.7 Å². The van der Waals surface area contributed by atoms with Gasteiger partial charge in [-0.1, -0.05) is 11.6 Å². The quantitative estimate of drug-likeness (QED) is 0.717. The van der Waals surface area contributed by atoms with Gasteiger partial charge in [-0.05, 0) is 42.5 Å². The summed E-state index contributed by atoms with van der Waals surface area (Å²) in [6, 6.07) is 11.2. The van der Waals surface area contributed by atoms with Gasteiger partial charge in [-0.15, -0.1) is 0 Å². The molecule has 1 aromatic heterocycles. The molecule has 0 amide bonds. The molecule has 3 rings (SSSR count). The first-order chi connectivity index (χ1) is 11.1. The Balaban J connectivity index is 2.16. The van der Waals surface area contributed by atoms with Crippen LogP contribution in [0.2, 0.25) is 5.02 Å². The van der Waals surface area contributed by atoms with E-state index >= 15 is 0 Å². The van der Waals surface area contributed by atoms with E-state index in [-0.39, 0.29) is 28.9 Å². The molecule has 0 aliphatic rings. The van der Waals surface area contributed by atoms with Crippen LogP contribution in [0.25, 0.3) is 22.8 Å². The molecular weight excluding hydrogens is 318 g/mol. The third-order valence-electron chi connectivity index (χ3n) is 3.12. The standard InChI is InChI=1S/C16H12ClN3O3/c1-23-16-19-14(9-2-4-10(17)5-3-9)18-15(20-16)12-8-11(21)6-7-13(12)22/h2-8,21-22H,1H3. The highest BCUT2D eigenvalue weighted by molar-refractivity contribution is 6.30. The van der Waals surface area contributed by atoms with Gasteiger partial charge in [0, 0.05) is 10.6 Å². The summed E-state index contributed by atoms with van der Waals surface area (Å²) in [6.07, 6.45) is 0. The van der Waals surface area contributed by atoms with Crippen LogP contribution in [0.5, 0.6) is 17.5 Å². The number of ether oxygens (including phenoxy) is 1. The zero-order valence-corrected chi connectivity index (χ0v) is 12.8. The molecule has 6 nitrogen and oxygen atoms in total. The van der Waals surface area contributed by atoms with Crippen molar-refractivity contribution in [1.82, 2.24) is 15.0 Å². The Morgan fingerprint density at radius 1 is 0.913 bits per heavy atom. The number of rotatable bonds is 3. The molecule has 0 radical (unpaired) electrons. The lowest BCUT2D eigenvalue weighted by Crippen LogP contribution is -2.00. The Morgan fingerprint density at radius 2 is 1.61 bits per heavy atom. The molecule has 0 bridgehead atoms. The van der Waals surface area contributed by atoms with Crippen molar-refractivity contribution in [2.45, 2.75) is 0 Å². The SMILES string of the molecule is COc1nc(-c2ccc(Cl)cc2)nc(-c2cc(O)ccc2O)n1. The highest BCUT2D eigenvalue weighted by Gasteiger charge is 2.14. The smallest absolute Gasteiger partial charge is 0.320 e. The zero-order chi connectivity index (χ0) is 16.4. The number of phenols is 2. The van der Waals surface area contributed by atoms with Gasteiger partial charge in [-0.25, -0.2) is 4.98 Å². The number of nitrogens with zero attached hydrogens (tertiary/aromatic N) is 3. The molecule has 0 aliphatic heterocycles. The second-order valence-electron chi connectivity index (χ2n) is 4.68. The van der Waals surface area contributed by atoms with Crippen LogP contribution in [-0.4, -0.2) is 32.3 Å². The van der Waals surface area contributed by atoms with Crippen molar-refractivity contribution in [2.75, 3.05) is 7.11 Å². The summed E-state index contributed by atoms with van der Waals surface area (Å²) in [6.45, 7) is 0. The minimum absolute atomic E-state index is 0.00905. The van der Waals surface area contributed by atoms with Crippen molar-refractivity contribution in [3.63, 3.8) is 0 Å². The summed E-state index contributed by atoms with van der Waals surface area (Å²) >= 11 is 5.88. The van der Waals surface area contributed by atoms with Crippen LogP contribution in [0, 0.1) is 0 Å². The lowest BCUT2D eigenvalue weighted by molar-refractivity contribution is 0.379. The van der Waals surface area contributed by atoms with E-state index in [1.165, 1.54) is 25.3 Å². The molecule has 0 saturated heterocycles. The topological polar surface area (TPSA) is 88.4 Å². The Bertz CT molecular complexity index is 854. The van der Waals surface area contributed by atoms with Gasteiger partial charge >= 0.3 is 6.01 Å². The second kappa shape index (κ2) is 6.10. The molecule has 23 heavy (non-hydrogen) atoms. The van der Waals surface area contributed by atoms with E-state index in [1.807, 2.05) is 0 Å². The van der Waals surface area contributed by atoms with E-state index in [9.17, 15) is 10.2 Å². The van der Waals surface area contributed by atoms with Crippen molar-refractivity contribution in [2.24, 2.45) is 0 Å². The summed E-state index contributed by atoms with van der Waals surface area (Å²) in [5.74, 6) is 0.491. The Labute approximate surface area is 137 Å². The van der Waals surface area contributed by atoms with Crippen molar-refractivity contribution in [3.8, 4) is 40.3 Å². The molecule has 0 aliphatic carbocycles. The van der Waals surface area contributed by atoms with Crippen LogP contribution in [0.4, 0.5) is 0 Å².